The Bertz CT molecular complexity index is 700. The van der Waals surface area contributed by atoms with Crippen molar-refractivity contribution < 1.29 is 0 Å². The summed E-state index contributed by atoms with van der Waals surface area (Å²) in [4.78, 5) is 21.2. The Balaban J connectivity index is 1.71. The fourth-order valence-electron chi connectivity index (χ4n) is 2.45. The van der Waals surface area contributed by atoms with E-state index in [2.05, 4.69) is 41.9 Å². The highest BCUT2D eigenvalue weighted by Gasteiger charge is 2.09. The second-order valence-electron chi connectivity index (χ2n) is 5.67. The van der Waals surface area contributed by atoms with Crippen LogP contribution in [0.2, 0.25) is 0 Å². The van der Waals surface area contributed by atoms with Crippen LogP contribution < -0.4 is 9.80 Å². The van der Waals surface area contributed by atoms with Crippen LogP contribution in [-0.4, -0.2) is 34.0 Å². The van der Waals surface area contributed by atoms with Crippen molar-refractivity contribution in [3.8, 4) is 0 Å². The molecule has 0 radical (unpaired) electrons. The summed E-state index contributed by atoms with van der Waals surface area (Å²) in [7, 11) is 4.03. The van der Waals surface area contributed by atoms with Crippen molar-refractivity contribution in [2.45, 2.75) is 13.1 Å². The van der Waals surface area contributed by atoms with Gasteiger partial charge < -0.3 is 9.80 Å². The quantitative estimate of drug-likeness (QED) is 0.696. The van der Waals surface area contributed by atoms with Crippen LogP contribution in [0.3, 0.4) is 0 Å². The van der Waals surface area contributed by atoms with Crippen molar-refractivity contribution in [2.24, 2.45) is 0 Å². The molecule has 0 aliphatic heterocycles. The largest absolute Gasteiger partial charge is 0.355 e. The highest BCUT2D eigenvalue weighted by Crippen LogP contribution is 2.18. The fraction of sp³-hybridized carbons (Fsp3) is 0.222. The molecule has 0 spiro atoms. The van der Waals surface area contributed by atoms with Crippen LogP contribution in [0.1, 0.15) is 11.1 Å². The van der Waals surface area contributed by atoms with Crippen molar-refractivity contribution in [3.05, 3.63) is 72.6 Å². The predicted molar refractivity (Wildman–Crippen MR) is 94.7 cm³/mol. The average Bonchev–Trinajstić information content (AvgIpc) is 2.63. The third kappa shape index (κ3) is 4.04. The van der Waals surface area contributed by atoms with Gasteiger partial charge in [-0.1, -0.05) is 12.1 Å². The predicted octanol–water partition coefficient (Wildman–Crippen LogP) is 2.54. The minimum Gasteiger partial charge on any atom is -0.355 e. The van der Waals surface area contributed by atoms with Crippen molar-refractivity contribution >= 4 is 11.6 Å². The molecule has 3 aromatic heterocycles. The number of hydrogen-bond acceptors (Lipinski definition) is 6. The van der Waals surface area contributed by atoms with Gasteiger partial charge in [-0.2, -0.15) is 0 Å². The van der Waals surface area contributed by atoms with E-state index < -0.39 is 0 Å². The van der Waals surface area contributed by atoms with Crippen LogP contribution in [0.5, 0.6) is 0 Å². The van der Waals surface area contributed by atoms with Crippen LogP contribution in [-0.2, 0) is 13.1 Å². The van der Waals surface area contributed by atoms with Gasteiger partial charge in [0.05, 0.1) is 0 Å². The lowest BCUT2D eigenvalue weighted by Crippen LogP contribution is -2.21. The van der Waals surface area contributed by atoms with Crippen LogP contribution in [0.4, 0.5) is 11.6 Å². The highest BCUT2D eigenvalue weighted by atomic mass is 15.2. The normalized spacial score (nSPS) is 10.4. The number of hydrogen-bond donors (Lipinski definition) is 0. The third-order valence-corrected chi connectivity index (χ3v) is 3.71. The zero-order chi connectivity index (χ0) is 16.8. The Morgan fingerprint density at radius 2 is 1.29 bits per heavy atom. The molecule has 0 saturated heterocycles. The van der Waals surface area contributed by atoms with Gasteiger partial charge in [0.2, 0.25) is 0 Å². The molecule has 0 amide bonds. The first-order chi connectivity index (χ1) is 11.7. The van der Waals surface area contributed by atoms with Crippen molar-refractivity contribution in [1.82, 2.24) is 19.9 Å². The zero-order valence-corrected chi connectivity index (χ0v) is 13.9. The molecule has 3 rings (SSSR count). The third-order valence-electron chi connectivity index (χ3n) is 3.71. The molecule has 0 aromatic carbocycles. The molecular formula is C18H20N6. The van der Waals surface area contributed by atoms with Gasteiger partial charge in [-0.3, -0.25) is 9.97 Å². The van der Waals surface area contributed by atoms with Crippen molar-refractivity contribution in [2.75, 3.05) is 23.9 Å². The minimum atomic E-state index is 0.747. The Labute approximate surface area is 141 Å². The SMILES string of the molecule is CN(Cc1cccnc1)c1cc(N(C)Cc2cccnc2)ncn1. The summed E-state index contributed by atoms with van der Waals surface area (Å²) in [6.07, 6.45) is 8.89. The maximum atomic E-state index is 4.38. The molecule has 0 unspecified atom stereocenters. The number of pyridine rings is 2. The second-order valence-corrected chi connectivity index (χ2v) is 5.67. The first-order valence-corrected chi connectivity index (χ1v) is 7.74. The molecule has 0 aliphatic carbocycles. The summed E-state index contributed by atoms with van der Waals surface area (Å²) in [5.74, 6) is 1.75. The lowest BCUT2D eigenvalue weighted by atomic mass is 10.2. The molecule has 6 nitrogen and oxygen atoms in total. The Kier molecular flexibility index (Phi) is 4.96. The molecule has 0 bridgehead atoms. The molecule has 3 heterocycles. The Morgan fingerprint density at radius 3 is 1.71 bits per heavy atom. The summed E-state index contributed by atoms with van der Waals surface area (Å²) in [6.45, 7) is 1.49. The van der Waals surface area contributed by atoms with Gasteiger partial charge in [-0.15, -0.1) is 0 Å². The summed E-state index contributed by atoms with van der Waals surface area (Å²) in [6, 6.07) is 9.99. The van der Waals surface area contributed by atoms with Gasteiger partial charge in [0.25, 0.3) is 0 Å². The Hall–Kier alpha value is -3.02. The number of anilines is 2. The van der Waals surface area contributed by atoms with Crippen LogP contribution >= 0.6 is 0 Å². The molecule has 122 valence electrons. The van der Waals surface area contributed by atoms with Crippen molar-refractivity contribution in [3.63, 3.8) is 0 Å². The summed E-state index contributed by atoms with van der Waals surface area (Å²) < 4.78 is 0. The molecule has 0 atom stereocenters. The maximum Gasteiger partial charge on any atom is 0.134 e. The molecule has 0 fully saturated rings. The standard InChI is InChI=1S/C18H20N6/c1-23(12-15-5-3-7-19-10-15)17-9-18(22-14-21-17)24(2)13-16-6-4-8-20-11-16/h3-11,14H,12-13H2,1-2H3. The maximum absolute atomic E-state index is 4.38. The van der Waals surface area contributed by atoms with E-state index in [9.17, 15) is 0 Å². The Morgan fingerprint density at radius 1 is 0.792 bits per heavy atom. The summed E-state index contributed by atoms with van der Waals surface area (Å²) in [5, 5.41) is 0. The number of nitrogens with zero attached hydrogens (tertiary/aromatic N) is 6. The summed E-state index contributed by atoms with van der Waals surface area (Å²) in [5.41, 5.74) is 2.28. The number of aromatic nitrogens is 4. The first-order valence-electron chi connectivity index (χ1n) is 7.74. The molecule has 0 N–H and O–H groups in total. The molecule has 24 heavy (non-hydrogen) atoms. The van der Waals surface area contributed by atoms with E-state index in [0.717, 1.165) is 35.9 Å². The summed E-state index contributed by atoms with van der Waals surface area (Å²) >= 11 is 0. The molecule has 0 aliphatic rings. The van der Waals surface area contributed by atoms with Gasteiger partial charge in [-0.05, 0) is 23.3 Å². The topological polar surface area (TPSA) is 58.0 Å². The second kappa shape index (κ2) is 7.50. The zero-order valence-electron chi connectivity index (χ0n) is 13.9. The van der Waals surface area contributed by atoms with Crippen LogP contribution in [0.25, 0.3) is 0 Å². The van der Waals surface area contributed by atoms with Crippen LogP contribution in [0, 0.1) is 0 Å². The molecular weight excluding hydrogens is 300 g/mol. The minimum absolute atomic E-state index is 0.747. The first kappa shape index (κ1) is 15.9. The fourth-order valence-corrected chi connectivity index (χ4v) is 2.45. The van der Waals surface area contributed by atoms with E-state index in [1.54, 1.807) is 18.7 Å². The monoisotopic (exact) mass is 320 g/mol. The highest BCUT2D eigenvalue weighted by molar-refractivity contribution is 5.49. The van der Waals surface area contributed by atoms with Gasteiger partial charge in [0.15, 0.2) is 0 Å². The van der Waals surface area contributed by atoms with Crippen molar-refractivity contribution in [1.29, 1.82) is 0 Å². The van der Waals surface area contributed by atoms with Gasteiger partial charge in [-0.25, -0.2) is 9.97 Å². The van der Waals surface area contributed by atoms with Gasteiger partial charge in [0, 0.05) is 58.0 Å². The average molecular weight is 320 g/mol. The van der Waals surface area contributed by atoms with Gasteiger partial charge >= 0.3 is 0 Å². The van der Waals surface area contributed by atoms with E-state index in [1.807, 2.05) is 44.7 Å². The molecule has 3 aromatic rings. The molecule has 6 heteroatoms. The van der Waals surface area contributed by atoms with E-state index in [4.69, 9.17) is 0 Å². The van der Waals surface area contributed by atoms with Crippen LogP contribution in [0.15, 0.2) is 61.4 Å². The van der Waals surface area contributed by atoms with E-state index >= 15 is 0 Å². The van der Waals surface area contributed by atoms with E-state index in [0.29, 0.717) is 0 Å². The smallest absolute Gasteiger partial charge is 0.134 e. The lowest BCUT2D eigenvalue weighted by Gasteiger charge is -2.22. The lowest BCUT2D eigenvalue weighted by molar-refractivity contribution is 0.859. The number of rotatable bonds is 6. The van der Waals surface area contributed by atoms with E-state index in [1.165, 1.54) is 0 Å². The molecule has 0 saturated carbocycles. The van der Waals surface area contributed by atoms with Gasteiger partial charge in [0.1, 0.15) is 18.0 Å². The van der Waals surface area contributed by atoms with E-state index in [-0.39, 0.29) is 0 Å².